The number of carbonyl (C=O) groups excluding carboxylic acids is 1. The van der Waals surface area contributed by atoms with Crippen LogP contribution in [0, 0.1) is 5.92 Å². The number of ether oxygens (including phenoxy) is 1. The summed E-state index contributed by atoms with van der Waals surface area (Å²) in [5.74, 6) is -0.931. The third-order valence-electron chi connectivity index (χ3n) is 6.30. The number of carboxylic acids is 1. The van der Waals surface area contributed by atoms with Gasteiger partial charge in [-0.15, -0.1) is 0 Å². The van der Waals surface area contributed by atoms with Gasteiger partial charge in [-0.3, -0.25) is 0 Å². The van der Waals surface area contributed by atoms with E-state index in [-0.39, 0.29) is 11.1 Å². The van der Waals surface area contributed by atoms with Crippen molar-refractivity contribution in [1.82, 2.24) is 0 Å². The van der Waals surface area contributed by atoms with Crippen molar-refractivity contribution < 1.29 is 19.4 Å². The van der Waals surface area contributed by atoms with Gasteiger partial charge in [-0.1, -0.05) is 116 Å². The van der Waals surface area contributed by atoms with E-state index >= 15 is 0 Å². The molecule has 0 unspecified atom stereocenters. The molecule has 0 heterocycles. The number of hydrogen-bond donors (Lipinski definition) is 1. The number of rotatable bonds is 20. The lowest BCUT2D eigenvalue weighted by Gasteiger charge is -2.17. The SMILES string of the molecule is CCCCCCCCC(CCCCCCCC)CCCOC(=O)c1ccccc1C(=O)O. The van der Waals surface area contributed by atoms with Gasteiger partial charge in [-0.2, -0.15) is 0 Å². The molecule has 0 aromatic heterocycles. The molecule has 4 heteroatoms. The highest BCUT2D eigenvalue weighted by molar-refractivity contribution is 6.02. The number of benzene rings is 1. The Morgan fingerprint density at radius 2 is 1.19 bits per heavy atom. The highest BCUT2D eigenvalue weighted by Gasteiger charge is 2.17. The van der Waals surface area contributed by atoms with Crippen molar-refractivity contribution >= 4 is 11.9 Å². The molecule has 0 bridgehead atoms. The molecule has 0 radical (unpaired) electrons. The molecule has 0 spiro atoms. The zero-order valence-electron chi connectivity index (χ0n) is 20.6. The summed E-state index contributed by atoms with van der Waals surface area (Å²) in [7, 11) is 0. The van der Waals surface area contributed by atoms with Crippen LogP contribution in [0.1, 0.15) is 137 Å². The second-order valence-corrected chi connectivity index (χ2v) is 9.11. The first-order chi connectivity index (χ1) is 15.6. The Balaban J connectivity index is 2.38. The number of esters is 1. The molecule has 0 aliphatic heterocycles. The summed E-state index contributed by atoms with van der Waals surface area (Å²) in [6.45, 7) is 4.86. The molecule has 4 nitrogen and oxygen atoms in total. The van der Waals surface area contributed by atoms with Gasteiger partial charge in [0.25, 0.3) is 0 Å². The van der Waals surface area contributed by atoms with Crippen molar-refractivity contribution in [1.29, 1.82) is 0 Å². The van der Waals surface area contributed by atoms with Gasteiger partial charge < -0.3 is 9.84 Å². The van der Waals surface area contributed by atoms with Gasteiger partial charge in [0, 0.05) is 0 Å². The molecule has 1 aromatic carbocycles. The molecule has 0 aliphatic carbocycles. The predicted octanol–water partition coefficient (Wildman–Crippen LogP) is 8.44. The molecule has 0 aliphatic rings. The number of hydrogen-bond acceptors (Lipinski definition) is 3. The first kappa shape index (κ1) is 28.2. The highest BCUT2D eigenvalue weighted by atomic mass is 16.5. The zero-order chi connectivity index (χ0) is 23.4. The fraction of sp³-hybridized carbons (Fsp3) is 0.714. The summed E-state index contributed by atoms with van der Waals surface area (Å²) >= 11 is 0. The minimum atomic E-state index is -1.10. The minimum Gasteiger partial charge on any atom is -0.478 e. The molecule has 1 N–H and O–H groups in total. The average Bonchev–Trinajstić information content (AvgIpc) is 2.80. The van der Waals surface area contributed by atoms with Crippen LogP contribution in [0.5, 0.6) is 0 Å². The molecule has 1 rings (SSSR count). The third-order valence-corrected chi connectivity index (χ3v) is 6.30. The van der Waals surface area contributed by atoms with E-state index in [1.54, 1.807) is 12.1 Å². The van der Waals surface area contributed by atoms with Gasteiger partial charge in [0.2, 0.25) is 0 Å². The van der Waals surface area contributed by atoms with Crippen LogP contribution in [0.4, 0.5) is 0 Å². The fourth-order valence-corrected chi connectivity index (χ4v) is 4.32. The van der Waals surface area contributed by atoms with Gasteiger partial charge in [-0.05, 0) is 30.9 Å². The molecule has 1 aromatic rings. The maximum absolute atomic E-state index is 12.3. The van der Waals surface area contributed by atoms with E-state index in [0.29, 0.717) is 12.5 Å². The predicted molar refractivity (Wildman–Crippen MR) is 132 cm³/mol. The van der Waals surface area contributed by atoms with E-state index in [1.807, 2.05) is 0 Å². The smallest absolute Gasteiger partial charge is 0.339 e. The van der Waals surface area contributed by atoms with Gasteiger partial charge in [0.1, 0.15) is 0 Å². The zero-order valence-corrected chi connectivity index (χ0v) is 20.6. The second-order valence-electron chi connectivity index (χ2n) is 9.11. The minimum absolute atomic E-state index is 0.00141. The van der Waals surface area contributed by atoms with E-state index in [4.69, 9.17) is 4.74 Å². The average molecular weight is 447 g/mol. The summed E-state index contributed by atoms with van der Waals surface area (Å²) < 4.78 is 5.41. The molecule has 0 atom stereocenters. The Hall–Kier alpha value is -1.84. The van der Waals surface area contributed by atoms with E-state index in [9.17, 15) is 14.7 Å². The van der Waals surface area contributed by atoms with E-state index in [1.165, 1.54) is 102 Å². The lowest BCUT2D eigenvalue weighted by molar-refractivity contribution is 0.0482. The second kappa shape index (κ2) is 18.7. The fourth-order valence-electron chi connectivity index (χ4n) is 4.32. The van der Waals surface area contributed by atoms with Crippen LogP contribution < -0.4 is 0 Å². The molecule has 32 heavy (non-hydrogen) atoms. The Morgan fingerprint density at radius 3 is 1.72 bits per heavy atom. The van der Waals surface area contributed by atoms with E-state index < -0.39 is 11.9 Å². The van der Waals surface area contributed by atoms with Crippen LogP contribution in [0.2, 0.25) is 0 Å². The number of carboxylic acid groups (broad SMARTS) is 1. The quantitative estimate of drug-likeness (QED) is 0.161. The lowest BCUT2D eigenvalue weighted by Crippen LogP contribution is -2.13. The van der Waals surface area contributed by atoms with Crippen LogP contribution >= 0.6 is 0 Å². The Labute approximate surface area is 196 Å². The first-order valence-electron chi connectivity index (χ1n) is 13.1. The Morgan fingerprint density at radius 1 is 0.719 bits per heavy atom. The van der Waals surface area contributed by atoms with Gasteiger partial charge in [0.15, 0.2) is 0 Å². The van der Waals surface area contributed by atoms with Crippen molar-refractivity contribution in [2.75, 3.05) is 6.61 Å². The van der Waals surface area contributed by atoms with E-state index in [0.717, 1.165) is 12.8 Å². The van der Waals surface area contributed by atoms with Gasteiger partial charge >= 0.3 is 11.9 Å². The summed E-state index contributed by atoms with van der Waals surface area (Å²) in [5, 5.41) is 9.25. The number of unbranched alkanes of at least 4 members (excludes halogenated alkanes) is 10. The van der Waals surface area contributed by atoms with Crippen LogP contribution in [0.15, 0.2) is 24.3 Å². The van der Waals surface area contributed by atoms with Crippen LogP contribution in [0.25, 0.3) is 0 Å². The molecule has 0 saturated carbocycles. The number of aromatic carboxylic acids is 1. The summed E-state index contributed by atoms with van der Waals surface area (Å²) in [6.07, 6.45) is 20.4. The molecule has 0 amide bonds. The van der Waals surface area contributed by atoms with E-state index in [2.05, 4.69) is 13.8 Å². The molecule has 0 saturated heterocycles. The molecular weight excluding hydrogens is 400 g/mol. The summed E-state index contributed by atoms with van der Waals surface area (Å²) in [6, 6.07) is 6.25. The summed E-state index contributed by atoms with van der Waals surface area (Å²) in [4.78, 5) is 23.6. The molecular formula is C28H46O4. The van der Waals surface area contributed by atoms with Crippen LogP contribution in [-0.2, 0) is 4.74 Å². The first-order valence-corrected chi connectivity index (χ1v) is 13.1. The normalized spacial score (nSPS) is 11.1. The highest BCUT2D eigenvalue weighted by Crippen LogP contribution is 2.23. The Kier molecular flexibility index (Phi) is 16.5. The monoisotopic (exact) mass is 446 g/mol. The Bertz CT molecular complexity index is 610. The van der Waals surface area contributed by atoms with Crippen molar-refractivity contribution in [3.05, 3.63) is 35.4 Å². The summed E-state index contributed by atoms with van der Waals surface area (Å²) in [5.41, 5.74) is 0.136. The number of carbonyl (C=O) groups is 2. The van der Waals surface area contributed by atoms with Crippen LogP contribution in [0.3, 0.4) is 0 Å². The van der Waals surface area contributed by atoms with Gasteiger partial charge in [0.05, 0.1) is 17.7 Å². The van der Waals surface area contributed by atoms with Crippen LogP contribution in [-0.4, -0.2) is 23.7 Å². The standard InChI is InChI=1S/C28H46O4/c1-3-5-7-9-11-13-18-24(19-14-12-10-8-6-4-2)20-17-23-32-28(31)26-22-16-15-21-25(26)27(29)30/h15-16,21-22,24H,3-14,17-20,23H2,1-2H3,(H,29,30). The van der Waals surface area contributed by atoms with Crippen molar-refractivity contribution in [2.24, 2.45) is 5.92 Å². The van der Waals surface area contributed by atoms with Gasteiger partial charge in [-0.25, -0.2) is 9.59 Å². The van der Waals surface area contributed by atoms with Crippen molar-refractivity contribution in [3.8, 4) is 0 Å². The maximum Gasteiger partial charge on any atom is 0.339 e. The third kappa shape index (κ3) is 12.9. The molecule has 182 valence electrons. The molecule has 0 fully saturated rings. The largest absolute Gasteiger partial charge is 0.478 e. The maximum atomic E-state index is 12.3. The van der Waals surface area contributed by atoms with Crippen molar-refractivity contribution in [3.63, 3.8) is 0 Å². The lowest BCUT2D eigenvalue weighted by atomic mass is 9.90. The topological polar surface area (TPSA) is 63.6 Å². The van der Waals surface area contributed by atoms with Crippen molar-refractivity contribution in [2.45, 2.75) is 117 Å².